The molecular weight excluding hydrogens is 280 g/mol. The molecule has 112 valence electrons. The highest BCUT2D eigenvalue weighted by Crippen LogP contribution is 2.18. The van der Waals surface area contributed by atoms with Gasteiger partial charge in [-0.15, -0.1) is 6.58 Å². The van der Waals surface area contributed by atoms with Crippen molar-refractivity contribution in [2.75, 3.05) is 0 Å². The molecule has 0 bridgehead atoms. The minimum atomic E-state index is 0.772. The van der Waals surface area contributed by atoms with Crippen molar-refractivity contribution in [3.05, 3.63) is 108 Å². The lowest BCUT2D eigenvalue weighted by Crippen LogP contribution is -2.02. The van der Waals surface area contributed by atoms with Crippen molar-refractivity contribution in [1.82, 2.24) is 4.98 Å². The summed E-state index contributed by atoms with van der Waals surface area (Å²) in [5, 5.41) is 0. The predicted molar refractivity (Wildman–Crippen MR) is 96.3 cm³/mol. The van der Waals surface area contributed by atoms with Crippen molar-refractivity contribution in [3.63, 3.8) is 0 Å². The number of benzene rings is 2. The standard InChI is InChI=1S/C21H18N2/c1-2-9-19-14-15-20(16-22-19)23-21(17-10-5-3-6-11-17)18-12-7-4-8-13-18/h2-8,10-16H,1,9H2. The zero-order valence-corrected chi connectivity index (χ0v) is 12.9. The van der Waals surface area contributed by atoms with Crippen LogP contribution in [0.2, 0.25) is 0 Å². The number of aromatic nitrogens is 1. The first-order chi connectivity index (χ1) is 11.4. The quantitative estimate of drug-likeness (QED) is 0.482. The average Bonchev–Trinajstić information content (AvgIpc) is 2.63. The van der Waals surface area contributed by atoms with Crippen LogP contribution in [-0.2, 0) is 6.42 Å². The van der Waals surface area contributed by atoms with E-state index in [0.29, 0.717) is 0 Å². The number of aliphatic imine (C=N–C) groups is 1. The molecule has 0 aliphatic carbocycles. The Balaban J connectivity index is 2.03. The third kappa shape index (κ3) is 3.80. The van der Waals surface area contributed by atoms with Gasteiger partial charge in [-0.2, -0.15) is 0 Å². The Labute approximate surface area is 136 Å². The lowest BCUT2D eigenvalue weighted by molar-refractivity contribution is 1.11. The Morgan fingerprint density at radius 3 is 1.96 bits per heavy atom. The fourth-order valence-corrected chi connectivity index (χ4v) is 2.37. The number of hydrogen-bond donors (Lipinski definition) is 0. The third-order valence-corrected chi connectivity index (χ3v) is 3.50. The highest BCUT2D eigenvalue weighted by Gasteiger charge is 2.06. The third-order valence-electron chi connectivity index (χ3n) is 3.50. The highest BCUT2D eigenvalue weighted by molar-refractivity contribution is 6.13. The van der Waals surface area contributed by atoms with Crippen molar-refractivity contribution < 1.29 is 0 Å². The van der Waals surface area contributed by atoms with Crippen LogP contribution in [0.3, 0.4) is 0 Å². The fourth-order valence-electron chi connectivity index (χ4n) is 2.37. The Bertz CT molecular complexity index is 747. The molecule has 0 atom stereocenters. The average molecular weight is 298 g/mol. The van der Waals surface area contributed by atoms with Gasteiger partial charge in [-0.05, 0) is 12.1 Å². The molecule has 3 rings (SSSR count). The normalized spacial score (nSPS) is 10.1. The summed E-state index contributed by atoms with van der Waals surface area (Å²) < 4.78 is 0. The van der Waals surface area contributed by atoms with E-state index in [1.807, 2.05) is 60.8 Å². The molecule has 3 aromatic rings. The maximum absolute atomic E-state index is 4.83. The lowest BCUT2D eigenvalue weighted by Gasteiger charge is -2.07. The summed E-state index contributed by atoms with van der Waals surface area (Å²) in [5.41, 5.74) is 4.98. The van der Waals surface area contributed by atoms with Gasteiger partial charge in [-0.3, -0.25) is 4.98 Å². The van der Waals surface area contributed by atoms with E-state index in [9.17, 15) is 0 Å². The van der Waals surface area contributed by atoms with Crippen molar-refractivity contribution >= 4 is 11.4 Å². The number of allylic oxidation sites excluding steroid dienone is 1. The highest BCUT2D eigenvalue weighted by atomic mass is 14.8. The molecule has 23 heavy (non-hydrogen) atoms. The second-order valence-corrected chi connectivity index (χ2v) is 5.19. The maximum atomic E-state index is 4.83. The van der Waals surface area contributed by atoms with Crippen molar-refractivity contribution in [1.29, 1.82) is 0 Å². The zero-order valence-electron chi connectivity index (χ0n) is 12.9. The summed E-state index contributed by atoms with van der Waals surface area (Å²) in [7, 11) is 0. The van der Waals surface area contributed by atoms with Crippen LogP contribution in [0.1, 0.15) is 16.8 Å². The van der Waals surface area contributed by atoms with Crippen molar-refractivity contribution in [3.8, 4) is 0 Å². The minimum absolute atomic E-state index is 0.772. The molecule has 0 saturated heterocycles. The molecule has 0 spiro atoms. The fraction of sp³-hybridized carbons (Fsp3) is 0.0476. The number of nitrogens with zero attached hydrogens (tertiary/aromatic N) is 2. The van der Waals surface area contributed by atoms with E-state index in [1.165, 1.54) is 0 Å². The molecule has 0 fully saturated rings. The van der Waals surface area contributed by atoms with E-state index >= 15 is 0 Å². The molecule has 0 aliphatic rings. The molecule has 2 aromatic carbocycles. The van der Waals surface area contributed by atoms with Gasteiger partial charge < -0.3 is 0 Å². The monoisotopic (exact) mass is 298 g/mol. The Morgan fingerprint density at radius 1 is 0.870 bits per heavy atom. The first kappa shape index (κ1) is 14.9. The van der Waals surface area contributed by atoms with Crippen LogP contribution in [-0.4, -0.2) is 10.7 Å². The van der Waals surface area contributed by atoms with Gasteiger partial charge in [0.15, 0.2) is 0 Å². The Hall–Kier alpha value is -3.00. The van der Waals surface area contributed by atoms with Crippen LogP contribution < -0.4 is 0 Å². The molecule has 0 N–H and O–H groups in total. The number of pyridine rings is 1. The van der Waals surface area contributed by atoms with Gasteiger partial charge in [0.2, 0.25) is 0 Å². The minimum Gasteiger partial charge on any atom is -0.259 e. The molecule has 0 saturated carbocycles. The largest absolute Gasteiger partial charge is 0.259 e. The lowest BCUT2D eigenvalue weighted by atomic mass is 10.0. The maximum Gasteiger partial charge on any atom is 0.0820 e. The van der Waals surface area contributed by atoms with Crippen LogP contribution in [0, 0.1) is 0 Å². The first-order valence-corrected chi connectivity index (χ1v) is 7.62. The van der Waals surface area contributed by atoms with E-state index < -0.39 is 0 Å². The van der Waals surface area contributed by atoms with Crippen LogP contribution in [0.4, 0.5) is 5.69 Å². The molecule has 0 aliphatic heterocycles. The summed E-state index contributed by atoms with van der Waals surface area (Å²) in [6.45, 7) is 3.74. The van der Waals surface area contributed by atoms with Gasteiger partial charge >= 0.3 is 0 Å². The summed E-state index contributed by atoms with van der Waals surface area (Å²) in [5.74, 6) is 0. The molecule has 2 heteroatoms. The SMILES string of the molecule is C=CCc1ccc(N=C(c2ccccc2)c2ccccc2)cn1. The van der Waals surface area contributed by atoms with Gasteiger partial charge in [0.25, 0.3) is 0 Å². The number of rotatable bonds is 5. The summed E-state index contributed by atoms with van der Waals surface area (Å²) >= 11 is 0. The topological polar surface area (TPSA) is 25.2 Å². The predicted octanol–water partition coefficient (Wildman–Crippen LogP) is 4.98. The Morgan fingerprint density at radius 2 is 1.48 bits per heavy atom. The molecule has 1 aromatic heterocycles. The van der Waals surface area contributed by atoms with E-state index in [1.54, 1.807) is 0 Å². The number of hydrogen-bond acceptors (Lipinski definition) is 2. The van der Waals surface area contributed by atoms with Crippen molar-refractivity contribution in [2.24, 2.45) is 4.99 Å². The van der Waals surface area contributed by atoms with E-state index in [0.717, 1.165) is 34.6 Å². The molecule has 0 radical (unpaired) electrons. The summed E-state index contributed by atoms with van der Waals surface area (Å²) in [6.07, 6.45) is 4.43. The molecule has 0 unspecified atom stereocenters. The van der Waals surface area contributed by atoms with Gasteiger partial charge in [-0.25, -0.2) is 4.99 Å². The second-order valence-electron chi connectivity index (χ2n) is 5.19. The van der Waals surface area contributed by atoms with E-state index in [4.69, 9.17) is 4.99 Å². The van der Waals surface area contributed by atoms with Gasteiger partial charge in [0.05, 0.1) is 17.6 Å². The molecule has 0 amide bonds. The smallest absolute Gasteiger partial charge is 0.0820 e. The summed E-state index contributed by atoms with van der Waals surface area (Å²) in [4.78, 5) is 9.26. The van der Waals surface area contributed by atoms with E-state index in [-0.39, 0.29) is 0 Å². The second kappa shape index (κ2) is 7.32. The van der Waals surface area contributed by atoms with Crippen molar-refractivity contribution in [2.45, 2.75) is 6.42 Å². The van der Waals surface area contributed by atoms with Gasteiger partial charge in [0.1, 0.15) is 0 Å². The molecule has 2 nitrogen and oxygen atoms in total. The van der Waals surface area contributed by atoms with Crippen LogP contribution >= 0.6 is 0 Å². The van der Waals surface area contributed by atoms with Gasteiger partial charge in [-0.1, -0.05) is 66.7 Å². The van der Waals surface area contributed by atoms with Crippen LogP contribution in [0.25, 0.3) is 0 Å². The molecule has 1 heterocycles. The molecular formula is C21H18N2. The van der Waals surface area contributed by atoms with Crippen LogP contribution in [0.15, 0.2) is 96.6 Å². The van der Waals surface area contributed by atoms with E-state index in [2.05, 4.69) is 35.8 Å². The van der Waals surface area contributed by atoms with Crippen LogP contribution in [0.5, 0.6) is 0 Å². The Kier molecular flexibility index (Phi) is 4.75. The zero-order chi connectivity index (χ0) is 15.9. The summed E-state index contributed by atoms with van der Waals surface area (Å²) in [6, 6.07) is 24.4. The first-order valence-electron chi connectivity index (χ1n) is 7.62. The van der Waals surface area contributed by atoms with Gasteiger partial charge in [0, 0.05) is 23.2 Å².